The van der Waals surface area contributed by atoms with Crippen LogP contribution in [0.1, 0.15) is 0 Å². The molecule has 0 radical (unpaired) electrons. The van der Waals surface area contributed by atoms with Crippen LogP contribution >= 0.6 is 11.3 Å². The number of rotatable bonds is 6. The Kier molecular flexibility index (Phi) is 7.41. The maximum atomic E-state index is 2.44. The molecule has 2 heteroatoms. The molecule has 10 aromatic rings. The molecule has 1 aromatic heterocycles. The smallest absolute Gasteiger partial charge is 0.0554 e. The predicted octanol–water partition coefficient (Wildman–Crippen LogP) is 14.8. The summed E-state index contributed by atoms with van der Waals surface area (Å²) in [4.78, 5) is 2.44. The SMILES string of the molecule is c1ccc(-c2cccc(N(c3cccc(-c4ccc5cc(-c6ccc7ccccc7c6)ccc5c4)c3)c3cccc4sc5ccccc5c34)c2)cc1. The summed E-state index contributed by atoms with van der Waals surface area (Å²) in [6, 6.07) is 73.0. The van der Waals surface area contributed by atoms with Gasteiger partial charge in [-0.1, -0.05) is 140 Å². The molecule has 52 heavy (non-hydrogen) atoms. The summed E-state index contributed by atoms with van der Waals surface area (Å²) in [5, 5.41) is 7.57. The molecule has 0 spiro atoms. The van der Waals surface area contributed by atoms with Crippen LogP contribution in [0.3, 0.4) is 0 Å². The van der Waals surface area contributed by atoms with E-state index in [0.717, 1.165) is 11.4 Å². The third kappa shape index (κ3) is 5.42. The second kappa shape index (κ2) is 12.7. The summed E-state index contributed by atoms with van der Waals surface area (Å²) in [7, 11) is 0. The van der Waals surface area contributed by atoms with Gasteiger partial charge >= 0.3 is 0 Å². The molecule has 0 bridgehead atoms. The zero-order valence-corrected chi connectivity index (χ0v) is 29.2. The summed E-state index contributed by atoms with van der Waals surface area (Å²) in [5.41, 5.74) is 10.7. The van der Waals surface area contributed by atoms with E-state index < -0.39 is 0 Å². The van der Waals surface area contributed by atoms with Gasteiger partial charge in [-0.15, -0.1) is 11.3 Å². The first-order valence-corrected chi connectivity index (χ1v) is 18.6. The summed E-state index contributed by atoms with van der Waals surface area (Å²) in [5.74, 6) is 0. The molecule has 0 N–H and O–H groups in total. The Morgan fingerprint density at radius 1 is 0.308 bits per heavy atom. The van der Waals surface area contributed by atoms with Crippen molar-refractivity contribution >= 4 is 70.1 Å². The standard InChI is InChI=1S/C50H33NS/c1-2-11-34(12-3-1)37-15-8-17-44(32-37)51(47-20-10-22-49-50(47)46-19-6-7-21-48(46)52-49)45-18-9-16-38(33-45)39-25-26-43-31-42(28-27-41(43)30-39)40-24-23-35-13-4-5-14-36(35)29-40/h1-33H. The van der Waals surface area contributed by atoms with E-state index in [9.17, 15) is 0 Å². The summed E-state index contributed by atoms with van der Waals surface area (Å²) < 4.78 is 2.59. The zero-order chi connectivity index (χ0) is 34.4. The first-order chi connectivity index (χ1) is 25.7. The normalized spacial score (nSPS) is 11.5. The quantitative estimate of drug-likeness (QED) is 0.169. The number of hydrogen-bond acceptors (Lipinski definition) is 2. The van der Waals surface area contributed by atoms with Crippen LogP contribution in [0.5, 0.6) is 0 Å². The fraction of sp³-hybridized carbons (Fsp3) is 0. The van der Waals surface area contributed by atoms with Gasteiger partial charge in [0.15, 0.2) is 0 Å². The van der Waals surface area contributed by atoms with E-state index in [1.807, 2.05) is 11.3 Å². The molecule has 0 aliphatic carbocycles. The van der Waals surface area contributed by atoms with Gasteiger partial charge in [0.1, 0.15) is 0 Å². The molecule has 0 fully saturated rings. The minimum Gasteiger partial charge on any atom is -0.310 e. The van der Waals surface area contributed by atoms with Gasteiger partial charge in [0.2, 0.25) is 0 Å². The molecule has 0 saturated heterocycles. The van der Waals surface area contributed by atoms with Gasteiger partial charge in [-0.05, 0) is 116 Å². The highest BCUT2D eigenvalue weighted by Crippen LogP contribution is 2.46. The van der Waals surface area contributed by atoms with Crippen molar-refractivity contribution in [3.8, 4) is 33.4 Å². The molecule has 0 unspecified atom stereocenters. The Balaban J connectivity index is 1.09. The Labute approximate surface area is 307 Å². The lowest BCUT2D eigenvalue weighted by molar-refractivity contribution is 1.30. The lowest BCUT2D eigenvalue weighted by atomic mass is 9.96. The highest BCUT2D eigenvalue weighted by molar-refractivity contribution is 7.26. The number of benzene rings is 9. The molecule has 1 nitrogen and oxygen atoms in total. The molecule has 0 atom stereocenters. The first-order valence-electron chi connectivity index (χ1n) is 17.7. The molecule has 9 aromatic carbocycles. The highest BCUT2D eigenvalue weighted by atomic mass is 32.1. The molecule has 0 saturated carbocycles. The van der Waals surface area contributed by atoms with Crippen molar-refractivity contribution in [1.82, 2.24) is 0 Å². The summed E-state index contributed by atoms with van der Waals surface area (Å²) in [6.07, 6.45) is 0. The van der Waals surface area contributed by atoms with E-state index in [2.05, 4.69) is 205 Å². The Morgan fingerprint density at radius 3 is 1.48 bits per heavy atom. The lowest BCUT2D eigenvalue weighted by Crippen LogP contribution is -2.10. The Hall–Kier alpha value is -6.48. The van der Waals surface area contributed by atoms with Gasteiger partial charge in [-0.2, -0.15) is 0 Å². The van der Waals surface area contributed by atoms with Gasteiger partial charge in [-0.3, -0.25) is 0 Å². The van der Waals surface area contributed by atoms with Crippen molar-refractivity contribution in [3.63, 3.8) is 0 Å². The van der Waals surface area contributed by atoms with Crippen LogP contribution in [0.4, 0.5) is 17.1 Å². The molecule has 0 aliphatic heterocycles. The molecular formula is C50H33NS. The van der Waals surface area contributed by atoms with Crippen LogP contribution in [0.25, 0.3) is 75.1 Å². The monoisotopic (exact) mass is 679 g/mol. The number of hydrogen-bond donors (Lipinski definition) is 0. The second-order valence-corrected chi connectivity index (χ2v) is 14.5. The molecule has 10 rings (SSSR count). The van der Waals surface area contributed by atoms with Crippen molar-refractivity contribution in [2.24, 2.45) is 0 Å². The fourth-order valence-electron chi connectivity index (χ4n) is 7.62. The van der Waals surface area contributed by atoms with Crippen molar-refractivity contribution < 1.29 is 0 Å². The van der Waals surface area contributed by atoms with Crippen LogP contribution in [0.2, 0.25) is 0 Å². The van der Waals surface area contributed by atoms with Crippen LogP contribution in [0, 0.1) is 0 Å². The van der Waals surface area contributed by atoms with E-state index in [1.54, 1.807) is 0 Å². The Morgan fingerprint density at radius 2 is 0.788 bits per heavy atom. The molecular weight excluding hydrogens is 647 g/mol. The van der Waals surface area contributed by atoms with E-state index >= 15 is 0 Å². The number of thiophene rings is 1. The summed E-state index contributed by atoms with van der Waals surface area (Å²) in [6.45, 7) is 0. The van der Waals surface area contributed by atoms with Crippen molar-refractivity contribution in [2.45, 2.75) is 0 Å². The average molecular weight is 680 g/mol. The van der Waals surface area contributed by atoms with E-state index in [1.165, 1.54) is 80.8 Å². The van der Waals surface area contributed by atoms with Gasteiger partial charge in [0.25, 0.3) is 0 Å². The molecule has 244 valence electrons. The molecule has 1 heterocycles. The van der Waals surface area contributed by atoms with Gasteiger partial charge in [0, 0.05) is 31.5 Å². The maximum absolute atomic E-state index is 2.44. The van der Waals surface area contributed by atoms with Gasteiger partial charge in [0.05, 0.1) is 5.69 Å². The highest BCUT2D eigenvalue weighted by Gasteiger charge is 2.19. The van der Waals surface area contributed by atoms with Crippen LogP contribution < -0.4 is 4.90 Å². The third-order valence-electron chi connectivity index (χ3n) is 10.2. The van der Waals surface area contributed by atoms with Crippen LogP contribution in [-0.4, -0.2) is 0 Å². The summed E-state index contributed by atoms with van der Waals surface area (Å²) >= 11 is 1.86. The Bertz CT molecular complexity index is 2920. The first kappa shape index (κ1) is 30.4. The van der Waals surface area contributed by atoms with Crippen molar-refractivity contribution in [1.29, 1.82) is 0 Å². The van der Waals surface area contributed by atoms with Crippen molar-refractivity contribution in [3.05, 3.63) is 200 Å². The van der Waals surface area contributed by atoms with E-state index in [-0.39, 0.29) is 0 Å². The number of fused-ring (bicyclic) bond motifs is 5. The minimum atomic E-state index is 1.12. The predicted molar refractivity (Wildman–Crippen MR) is 225 cm³/mol. The largest absolute Gasteiger partial charge is 0.310 e. The van der Waals surface area contributed by atoms with Gasteiger partial charge < -0.3 is 4.90 Å². The lowest BCUT2D eigenvalue weighted by Gasteiger charge is -2.27. The molecule has 0 aliphatic rings. The topological polar surface area (TPSA) is 3.24 Å². The van der Waals surface area contributed by atoms with Gasteiger partial charge in [-0.25, -0.2) is 0 Å². The van der Waals surface area contributed by atoms with E-state index in [0.29, 0.717) is 0 Å². The maximum Gasteiger partial charge on any atom is 0.0554 e. The molecule has 0 amide bonds. The van der Waals surface area contributed by atoms with E-state index in [4.69, 9.17) is 0 Å². The average Bonchev–Trinajstić information content (AvgIpc) is 3.60. The fourth-order valence-corrected chi connectivity index (χ4v) is 8.75. The van der Waals surface area contributed by atoms with Crippen LogP contribution in [-0.2, 0) is 0 Å². The minimum absolute atomic E-state index is 1.12. The number of anilines is 3. The van der Waals surface area contributed by atoms with Crippen molar-refractivity contribution in [2.75, 3.05) is 4.90 Å². The zero-order valence-electron chi connectivity index (χ0n) is 28.4. The third-order valence-corrected chi connectivity index (χ3v) is 11.3. The second-order valence-electron chi connectivity index (χ2n) is 13.4. The van der Waals surface area contributed by atoms with Crippen LogP contribution in [0.15, 0.2) is 200 Å². The number of nitrogens with zero attached hydrogens (tertiary/aromatic N) is 1.